The summed E-state index contributed by atoms with van der Waals surface area (Å²) in [6, 6.07) is 12.4. The summed E-state index contributed by atoms with van der Waals surface area (Å²) in [4.78, 5) is 29.2. The van der Waals surface area contributed by atoms with Crippen LogP contribution in [-0.4, -0.2) is 43.0 Å². The molecule has 34 heavy (non-hydrogen) atoms. The molecule has 9 nitrogen and oxygen atoms in total. The minimum absolute atomic E-state index is 0.311. The molecule has 0 saturated carbocycles. The number of halogens is 2. The Labute approximate surface area is 205 Å². The summed E-state index contributed by atoms with van der Waals surface area (Å²) in [5.74, 6) is -1.17. The van der Waals surface area contributed by atoms with Gasteiger partial charge in [0, 0.05) is 10.0 Å². The summed E-state index contributed by atoms with van der Waals surface area (Å²) in [6.07, 6.45) is 2.86. The lowest BCUT2D eigenvalue weighted by atomic mass is 10.2. The van der Waals surface area contributed by atoms with Gasteiger partial charge in [-0.05, 0) is 43.7 Å². The van der Waals surface area contributed by atoms with Crippen molar-refractivity contribution in [2.24, 2.45) is 0 Å². The van der Waals surface area contributed by atoms with Gasteiger partial charge in [-0.25, -0.2) is 14.5 Å². The van der Waals surface area contributed by atoms with Gasteiger partial charge >= 0.3 is 5.97 Å². The standard InChI is InChI=1S/C23H20Cl2N6O3/c1-14-22(15(2)30(29-14)10-16-5-3-4-6-18(16)25)23(33)34-11-21(32)28-19-9-17(24)7-8-20(19)31-13-26-12-27-31/h3-9,12-13H,10-11H2,1-2H3,(H,28,32). The minimum atomic E-state index is -0.641. The maximum atomic E-state index is 12.8. The molecule has 0 aliphatic heterocycles. The molecule has 174 valence electrons. The van der Waals surface area contributed by atoms with Crippen LogP contribution in [0.25, 0.3) is 5.69 Å². The van der Waals surface area contributed by atoms with Gasteiger partial charge in [-0.3, -0.25) is 9.48 Å². The number of benzene rings is 2. The Hall–Kier alpha value is -3.69. The number of nitrogens with zero attached hydrogens (tertiary/aromatic N) is 5. The molecule has 0 unspecified atom stereocenters. The second-order valence-electron chi connectivity index (χ2n) is 7.42. The lowest BCUT2D eigenvalue weighted by Gasteiger charge is -2.12. The van der Waals surface area contributed by atoms with Crippen LogP contribution in [-0.2, 0) is 16.1 Å². The third-order valence-electron chi connectivity index (χ3n) is 5.10. The molecule has 0 spiro atoms. The molecule has 1 amide bonds. The Bertz CT molecular complexity index is 1350. The fraction of sp³-hybridized carbons (Fsp3) is 0.174. The molecule has 0 aliphatic rings. The Balaban J connectivity index is 1.44. The average Bonchev–Trinajstić information content (AvgIpc) is 3.42. The molecule has 0 saturated heterocycles. The van der Waals surface area contributed by atoms with Crippen molar-refractivity contribution < 1.29 is 14.3 Å². The summed E-state index contributed by atoms with van der Waals surface area (Å²) in [5.41, 5.74) is 3.27. The average molecular weight is 499 g/mol. The van der Waals surface area contributed by atoms with Crippen molar-refractivity contribution >= 4 is 40.8 Å². The molecule has 0 atom stereocenters. The number of anilines is 1. The number of aromatic nitrogens is 5. The Morgan fingerprint density at radius 2 is 1.91 bits per heavy atom. The fourth-order valence-electron chi connectivity index (χ4n) is 3.46. The molecule has 11 heteroatoms. The first-order valence-electron chi connectivity index (χ1n) is 10.2. The summed E-state index contributed by atoms with van der Waals surface area (Å²) >= 11 is 12.3. The van der Waals surface area contributed by atoms with Crippen LogP contribution < -0.4 is 5.32 Å². The van der Waals surface area contributed by atoms with Crippen molar-refractivity contribution in [2.45, 2.75) is 20.4 Å². The Morgan fingerprint density at radius 3 is 2.65 bits per heavy atom. The molecule has 2 aromatic carbocycles. The van der Waals surface area contributed by atoms with Gasteiger partial charge in [0.1, 0.15) is 18.2 Å². The number of nitrogens with one attached hydrogen (secondary N) is 1. The van der Waals surface area contributed by atoms with Crippen LogP contribution in [0.15, 0.2) is 55.1 Å². The number of hydrogen-bond donors (Lipinski definition) is 1. The van der Waals surface area contributed by atoms with E-state index in [0.29, 0.717) is 44.9 Å². The monoisotopic (exact) mass is 498 g/mol. The number of hydrogen-bond acceptors (Lipinski definition) is 6. The first-order chi connectivity index (χ1) is 16.3. The van der Waals surface area contributed by atoms with E-state index in [-0.39, 0.29) is 0 Å². The molecular formula is C23H20Cl2N6O3. The molecule has 4 rings (SSSR count). The highest BCUT2D eigenvalue weighted by atomic mass is 35.5. The first-order valence-corrected chi connectivity index (χ1v) is 11.0. The minimum Gasteiger partial charge on any atom is -0.452 e. The quantitative estimate of drug-likeness (QED) is 0.382. The van der Waals surface area contributed by atoms with E-state index in [0.717, 1.165) is 5.56 Å². The summed E-state index contributed by atoms with van der Waals surface area (Å²) in [6.45, 7) is 3.39. The SMILES string of the molecule is Cc1nn(Cc2ccccc2Cl)c(C)c1C(=O)OCC(=O)Nc1cc(Cl)ccc1-n1cncn1. The van der Waals surface area contributed by atoms with Crippen LogP contribution in [0.2, 0.25) is 10.0 Å². The van der Waals surface area contributed by atoms with Crippen molar-refractivity contribution in [3.63, 3.8) is 0 Å². The van der Waals surface area contributed by atoms with Crippen LogP contribution in [0, 0.1) is 13.8 Å². The topological polar surface area (TPSA) is 104 Å². The molecule has 4 aromatic rings. The maximum absolute atomic E-state index is 12.8. The number of aryl methyl sites for hydroxylation is 1. The van der Waals surface area contributed by atoms with E-state index in [1.165, 1.54) is 17.3 Å². The molecule has 0 aliphatic carbocycles. The normalized spacial score (nSPS) is 10.8. The highest BCUT2D eigenvalue weighted by Crippen LogP contribution is 2.24. The number of carbonyl (C=O) groups is 2. The van der Waals surface area contributed by atoms with E-state index in [1.807, 2.05) is 18.2 Å². The lowest BCUT2D eigenvalue weighted by Crippen LogP contribution is -2.22. The molecule has 0 fully saturated rings. The van der Waals surface area contributed by atoms with Crippen molar-refractivity contribution in [3.8, 4) is 5.69 Å². The highest BCUT2D eigenvalue weighted by molar-refractivity contribution is 6.31. The third kappa shape index (κ3) is 5.11. The molecule has 0 radical (unpaired) electrons. The van der Waals surface area contributed by atoms with Gasteiger partial charge in [-0.1, -0.05) is 41.4 Å². The van der Waals surface area contributed by atoms with Crippen LogP contribution in [0.5, 0.6) is 0 Å². The summed E-state index contributed by atoms with van der Waals surface area (Å²) in [5, 5.41) is 12.2. The highest BCUT2D eigenvalue weighted by Gasteiger charge is 2.22. The van der Waals surface area contributed by atoms with E-state index in [2.05, 4.69) is 20.5 Å². The van der Waals surface area contributed by atoms with Crippen LogP contribution in [0.1, 0.15) is 27.3 Å². The largest absolute Gasteiger partial charge is 0.452 e. The molecule has 2 heterocycles. The zero-order valence-corrected chi connectivity index (χ0v) is 19.8. The van der Waals surface area contributed by atoms with Gasteiger partial charge in [0.05, 0.1) is 29.3 Å². The maximum Gasteiger partial charge on any atom is 0.342 e. The van der Waals surface area contributed by atoms with E-state index in [4.69, 9.17) is 27.9 Å². The van der Waals surface area contributed by atoms with Crippen molar-refractivity contribution in [3.05, 3.63) is 87.7 Å². The van der Waals surface area contributed by atoms with Crippen molar-refractivity contribution in [2.75, 3.05) is 11.9 Å². The summed E-state index contributed by atoms with van der Waals surface area (Å²) < 4.78 is 8.44. The van der Waals surface area contributed by atoms with Gasteiger partial charge in [0.25, 0.3) is 5.91 Å². The Kier molecular flexibility index (Phi) is 6.95. The predicted octanol–water partition coefficient (Wildman–Crippen LogP) is 4.23. The van der Waals surface area contributed by atoms with Gasteiger partial charge in [-0.15, -0.1) is 0 Å². The lowest BCUT2D eigenvalue weighted by molar-refractivity contribution is -0.119. The zero-order chi connectivity index (χ0) is 24.2. The van der Waals surface area contributed by atoms with Crippen LogP contribution in [0.4, 0.5) is 5.69 Å². The number of carbonyl (C=O) groups excluding carboxylic acids is 2. The predicted molar refractivity (Wildman–Crippen MR) is 128 cm³/mol. The van der Waals surface area contributed by atoms with E-state index in [9.17, 15) is 9.59 Å². The number of esters is 1. The van der Waals surface area contributed by atoms with Gasteiger partial charge in [-0.2, -0.15) is 10.2 Å². The second-order valence-corrected chi connectivity index (χ2v) is 8.26. The number of ether oxygens (including phenoxy) is 1. The van der Waals surface area contributed by atoms with Crippen molar-refractivity contribution in [1.29, 1.82) is 0 Å². The smallest absolute Gasteiger partial charge is 0.342 e. The zero-order valence-electron chi connectivity index (χ0n) is 18.3. The molecule has 1 N–H and O–H groups in total. The first kappa shape index (κ1) is 23.5. The molecule has 0 bridgehead atoms. The van der Waals surface area contributed by atoms with E-state index < -0.39 is 18.5 Å². The van der Waals surface area contributed by atoms with Crippen LogP contribution >= 0.6 is 23.2 Å². The van der Waals surface area contributed by atoms with Gasteiger partial charge < -0.3 is 10.1 Å². The number of amides is 1. The number of rotatable bonds is 7. The molecular weight excluding hydrogens is 479 g/mol. The van der Waals surface area contributed by atoms with E-state index in [1.54, 1.807) is 42.8 Å². The Morgan fingerprint density at radius 1 is 1.12 bits per heavy atom. The van der Waals surface area contributed by atoms with Gasteiger partial charge in [0.2, 0.25) is 0 Å². The fourth-order valence-corrected chi connectivity index (χ4v) is 3.83. The van der Waals surface area contributed by atoms with Gasteiger partial charge in [0.15, 0.2) is 6.61 Å². The molecule has 2 aromatic heterocycles. The van der Waals surface area contributed by atoms with Crippen molar-refractivity contribution in [1.82, 2.24) is 24.5 Å². The van der Waals surface area contributed by atoms with E-state index >= 15 is 0 Å². The van der Waals surface area contributed by atoms with Crippen LogP contribution in [0.3, 0.4) is 0 Å². The third-order valence-corrected chi connectivity index (χ3v) is 5.70. The second kappa shape index (κ2) is 10.1. The summed E-state index contributed by atoms with van der Waals surface area (Å²) in [7, 11) is 0.